The lowest BCUT2D eigenvalue weighted by Gasteiger charge is -2.58. The summed E-state index contributed by atoms with van der Waals surface area (Å²) >= 11 is 0. The lowest BCUT2D eigenvalue weighted by molar-refractivity contribution is -0.984. The van der Waals surface area contributed by atoms with Crippen LogP contribution in [0.1, 0.15) is 30.1 Å². The number of nitrogens with zero attached hydrogens (tertiary/aromatic N) is 3. The van der Waals surface area contributed by atoms with Crippen LogP contribution in [0.2, 0.25) is 0 Å². The lowest BCUT2D eigenvalue weighted by atomic mass is 9.71. The predicted molar refractivity (Wildman–Crippen MR) is 124 cm³/mol. The fourth-order valence-electron chi connectivity index (χ4n) is 6.05. The molecule has 3 fully saturated rings. The van der Waals surface area contributed by atoms with Crippen LogP contribution in [0.5, 0.6) is 0 Å². The van der Waals surface area contributed by atoms with Gasteiger partial charge in [-0.3, -0.25) is 15.1 Å². The van der Waals surface area contributed by atoms with Gasteiger partial charge in [0.15, 0.2) is 0 Å². The van der Waals surface area contributed by atoms with E-state index in [9.17, 15) is 15.2 Å². The Morgan fingerprint density at radius 3 is 2.75 bits per heavy atom. The van der Waals surface area contributed by atoms with Crippen LogP contribution in [-0.2, 0) is 6.54 Å². The predicted octanol–water partition coefficient (Wildman–Crippen LogP) is 4.79. The fourth-order valence-corrected chi connectivity index (χ4v) is 6.05. The Bertz CT molecular complexity index is 1160. The molecule has 164 valence electrons. The monoisotopic (exact) mass is 430 g/mol. The van der Waals surface area contributed by atoms with Crippen LogP contribution in [0.15, 0.2) is 73.4 Å². The third kappa shape index (κ3) is 3.49. The molecule has 2 aromatic carbocycles. The van der Waals surface area contributed by atoms with Gasteiger partial charge in [-0.1, -0.05) is 24.3 Å². The summed E-state index contributed by atoms with van der Waals surface area (Å²) in [5, 5.41) is 23.8. The first kappa shape index (κ1) is 20.8. The number of hydrogen-bond acceptors (Lipinski definition) is 4. The average molecular weight is 431 g/mol. The van der Waals surface area contributed by atoms with Crippen molar-refractivity contribution < 1.29 is 14.5 Å². The van der Waals surface area contributed by atoms with Crippen molar-refractivity contribution in [1.29, 1.82) is 0 Å². The molecule has 6 rings (SSSR count). The third-order valence-corrected chi connectivity index (χ3v) is 7.69. The summed E-state index contributed by atoms with van der Waals surface area (Å²) < 4.78 is 0.781. The van der Waals surface area contributed by atoms with Crippen LogP contribution in [0.25, 0.3) is 10.9 Å². The van der Waals surface area contributed by atoms with Gasteiger partial charge in [0.05, 0.1) is 23.5 Å². The maximum Gasteiger partial charge on any atom is 0.269 e. The maximum absolute atomic E-state index is 11.7. The van der Waals surface area contributed by atoms with Crippen LogP contribution in [0, 0.1) is 22.0 Å². The molecule has 0 amide bonds. The van der Waals surface area contributed by atoms with Crippen molar-refractivity contribution >= 4 is 16.6 Å². The summed E-state index contributed by atoms with van der Waals surface area (Å²) in [6.45, 7) is 6.77. The zero-order chi connectivity index (χ0) is 22.3. The highest BCUT2D eigenvalue weighted by molar-refractivity contribution is 5.82. The normalized spacial score (nSPS) is 27.8. The number of aromatic nitrogens is 1. The number of hydrogen-bond donors (Lipinski definition) is 1. The van der Waals surface area contributed by atoms with Crippen molar-refractivity contribution in [3.05, 3.63) is 94.7 Å². The van der Waals surface area contributed by atoms with Gasteiger partial charge in [0.1, 0.15) is 18.7 Å². The van der Waals surface area contributed by atoms with E-state index in [0.717, 1.165) is 59.0 Å². The van der Waals surface area contributed by atoms with E-state index in [2.05, 4.69) is 17.6 Å². The number of para-hydroxylation sites is 1. The van der Waals surface area contributed by atoms with E-state index in [-0.39, 0.29) is 16.7 Å². The van der Waals surface area contributed by atoms with Gasteiger partial charge in [0.25, 0.3) is 5.69 Å². The summed E-state index contributed by atoms with van der Waals surface area (Å²) in [6.07, 6.45) is 5.32. The van der Waals surface area contributed by atoms with Gasteiger partial charge in [-0.2, -0.15) is 0 Å². The molecular weight excluding hydrogens is 402 g/mol. The van der Waals surface area contributed by atoms with Crippen molar-refractivity contribution in [2.45, 2.75) is 31.5 Å². The lowest BCUT2D eigenvalue weighted by Crippen LogP contribution is -2.67. The molecular formula is C26H28N3O3+. The van der Waals surface area contributed by atoms with Crippen LogP contribution >= 0.6 is 0 Å². The molecule has 0 spiro atoms. The van der Waals surface area contributed by atoms with Gasteiger partial charge in [0, 0.05) is 48.0 Å². The van der Waals surface area contributed by atoms with Crippen LogP contribution in [0.3, 0.4) is 0 Å². The molecule has 0 saturated carbocycles. The SMILES string of the molecule is C=C[C@H]1C[N+]2(Cc3ccc([N+](=O)[O-])cc3)CC[C@H]1C[C@@H]2[C@@H](O)c1ccnc2ccccc12. The largest absolute Gasteiger partial charge is 0.382 e. The van der Waals surface area contributed by atoms with E-state index in [4.69, 9.17) is 0 Å². The number of nitro benzene ring substituents is 1. The van der Waals surface area contributed by atoms with E-state index in [1.54, 1.807) is 18.3 Å². The van der Waals surface area contributed by atoms with E-state index in [0.29, 0.717) is 11.8 Å². The maximum atomic E-state index is 11.7. The quantitative estimate of drug-likeness (QED) is 0.264. The van der Waals surface area contributed by atoms with Crippen molar-refractivity contribution in [3.63, 3.8) is 0 Å². The number of fused-ring (bicyclic) bond motifs is 4. The number of rotatable bonds is 6. The standard InChI is InChI=1S/C26H28N3O3/c1-2-19-17-29(16-18-7-9-21(10-8-18)28(31)32)14-12-20(19)15-25(29)26(30)23-11-13-27-24-6-4-3-5-22(23)24/h2-11,13,19-20,25-26,30H,1,12,14-17H2/q+1/t19-,20-,25+,26-,29?/m0/s1. The number of piperidine rings is 3. The van der Waals surface area contributed by atoms with E-state index >= 15 is 0 Å². The molecule has 1 N–H and O–H groups in total. The molecule has 3 aliphatic heterocycles. The highest BCUT2D eigenvalue weighted by Crippen LogP contribution is 2.48. The number of non-ortho nitro benzene ring substituents is 1. The molecule has 3 aliphatic rings. The number of nitro groups is 1. The van der Waals surface area contributed by atoms with Crippen LogP contribution < -0.4 is 0 Å². The van der Waals surface area contributed by atoms with Gasteiger partial charge < -0.3 is 9.59 Å². The summed E-state index contributed by atoms with van der Waals surface area (Å²) in [6, 6.07) is 16.9. The number of benzene rings is 2. The van der Waals surface area contributed by atoms with E-state index < -0.39 is 6.10 Å². The first-order chi connectivity index (χ1) is 15.5. The number of aliphatic hydroxyl groups excluding tert-OH is 1. The molecule has 6 nitrogen and oxygen atoms in total. The van der Waals surface area contributed by atoms with E-state index in [1.807, 2.05) is 42.5 Å². The van der Waals surface area contributed by atoms with Crippen molar-refractivity contribution in [1.82, 2.24) is 4.98 Å². The van der Waals surface area contributed by atoms with E-state index in [1.165, 1.54) is 0 Å². The smallest absolute Gasteiger partial charge is 0.269 e. The second-order valence-corrected chi connectivity index (χ2v) is 9.32. The van der Waals surface area contributed by atoms with Gasteiger partial charge >= 0.3 is 0 Å². The second kappa shape index (κ2) is 8.11. The molecule has 5 atom stereocenters. The van der Waals surface area contributed by atoms with Crippen molar-refractivity contribution in [2.24, 2.45) is 11.8 Å². The Morgan fingerprint density at radius 1 is 1.22 bits per heavy atom. The second-order valence-electron chi connectivity index (χ2n) is 9.32. The zero-order valence-electron chi connectivity index (χ0n) is 18.0. The molecule has 32 heavy (non-hydrogen) atoms. The zero-order valence-corrected chi connectivity index (χ0v) is 18.0. The van der Waals surface area contributed by atoms with Gasteiger partial charge in [-0.05, 0) is 35.7 Å². The molecule has 3 saturated heterocycles. The molecule has 2 bridgehead atoms. The van der Waals surface area contributed by atoms with Crippen LogP contribution in [-0.4, -0.2) is 38.6 Å². The van der Waals surface area contributed by atoms with Crippen LogP contribution in [0.4, 0.5) is 5.69 Å². The minimum absolute atomic E-state index is 0.0611. The van der Waals surface area contributed by atoms with Gasteiger partial charge in [-0.15, -0.1) is 6.58 Å². The number of quaternary nitrogens is 1. The first-order valence-electron chi connectivity index (χ1n) is 11.2. The minimum atomic E-state index is -0.602. The molecule has 3 aromatic rings. The summed E-state index contributed by atoms with van der Waals surface area (Å²) in [7, 11) is 0. The molecule has 1 aromatic heterocycles. The highest BCUT2D eigenvalue weighted by atomic mass is 16.6. The third-order valence-electron chi connectivity index (χ3n) is 7.69. The highest BCUT2D eigenvalue weighted by Gasteiger charge is 2.54. The summed E-state index contributed by atoms with van der Waals surface area (Å²) in [5.41, 5.74) is 3.00. The molecule has 1 unspecified atom stereocenters. The summed E-state index contributed by atoms with van der Waals surface area (Å²) in [4.78, 5) is 15.2. The Hall–Kier alpha value is -3.09. The molecule has 0 aliphatic carbocycles. The van der Waals surface area contributed by atoms with Gasteiger partial charge in [0.2, 0.25) is 0 Å². The molecule has 0 radical (unpaired) electrons. The Labute approximate surface area is 187 Å². The Balaban J connectivity index is 1.52. The summed E-state index contributed by atoms with van der Waals surface area (Å²) in [5.74, 6) is 0.969. The molecule has 6 heteroatoms. The Morgan fingerprint density at radius 2 is 2.00 bits per heavy atom. The van der Waals surface area contributed by atoms with Gasteiger partial charge in [-0.25, -0.2) is 0 Å². The van der Waals surface area contributed by atoms with Crippen molar-refractivity contribution in [2.75, 3.05) is 13.1 Å². The average Bonchev–Trinajstić information content (AvgIpc) is 2.83. The number of pyridine rings is 1. The minimum Gasteiger partial charge on any atom is -0.382 e. The molecule has 4 heterocycles. The number of aliphatic hydroxyl groups is 1. The Kier molecular flexibility index (Phi) is 5.27. The fraction of sp³-hybridized carbons (Fsp3) is 0.346. The first-order valence-corrected chi connectivity index (χ1v) is 11.2. The van der Waals surface area contributed by atoms with Crippen molar-refractivity contribution in [3.8, 4) is 0 Å². The topological polar surface area (TPSA) is 76.3 Å².